The van der Waals surface area contributed by atoms with E-state index in [0.717, 1.165) is 30.9 Å². The fourth-order valence-corrected chi connectivity index (χ4v) is 4.03. The quantitative estimate of drug-likeness (QED) is 0.856. The Morgan fingerprint density at radius 1 is 1.57 bits per heavy atom. The Kier molecular flexibility index (Phi) is 4.95. The van der Waals surface area contributed by atoms with Crippen molar-refractivity contribution in [3.05, 3.63) is 4.88 Å². The molecular weight excluding hydrogens is 288 g/mol. The van der Waals surface area contributed by atoms with Gasteiger partial charge in [0, 0.05) is 26.2 Å². The maximum absolute atomic E-state index is 11.9. The molecule has 1 amide bonds. The largest absolute Gasteiger partial charge is 0.492 e. The molecule has 1 fully saturated rings. The van der Waals surface area contributed by atoms with Crippen LogP contribution < -0.4 is 20.7 Å². The molecule has 1 saturated heterocycles. The molecule has 7 heteroatoms. The maximum Gasteiger partial charge on any atom is 0.263 e. The molecule has 0 spiro atoms. The van der Waals surface area contributed by atoms with Crippen molar-refractivity contribution < 1.29 is 9.53 Å². The van der Waals surface area contributed by atoms with Gasteiger partial charge in [0.25, 0.3) is 5.91 Å². The Balaban J connectivity index is 2.36. The van der Waals surface area contributed by atoms with Gasteiger partial charge >= 0.3 is 0 Å². The Morgan fingerprint density at radius 3 is 2.86 bits per heavy atom. The van der Waals surface area contributed by atoms with E-state index in [0.29, 0.717) is 22.4 Å². The van der Waals surface area contributed by atoms with Crippen molar-refractivity contribution in [3.8, 4) is 5.75 Å². The molecule has 118 valence electrons. The lowest BCUT2D eigenvalue weighted by molar-refractivity contribution is 0.0967. The van der Waals surface area contributed by atoms with Crippen LogP contribution in [0, 0.1) is 0 Å². The van der Waals surface area contributed by atoms with Crippen LogP contribution >= 0.6 is 11.3 Å². The van der Waals surface area contributed by atoms with Crippen molar-refractivity contribution in [3.63, 3.8) is 0 Å². The van der Waals surface area contributed by atoms with E-state index in [1.165, 1.54) is 11.3 Å². The van der Waals surface area contributed by atoms with Gasteiger partial charge in [-0.25, -0.2) is 0 Å². The van der Waals surface area contributed by atoms with E-state index in [4.69, 9.17) is 10.5 Å². The van der Waals surface area contributed by atoms with Crippen LogP contribution in [0.15, 0.2) is 0 Å². The van der Waals surface area contributed by atoms with E-state index in [1.807, 2.05) is 0 Å². The summed E-state index contributed by atoms with van der Waals surface area (Å²) < 4.78 is 5.47. The zero-order valence-corrected chi connectivity index (χ0v) is 13.9. The molecule has 1 atom stereocenters. The smallest absolute Gasteiger partial charge is 0.263 e. The third-order valence-electron chi connectivity index (χ3n) is 3.73. The van der Waals surface area contributed by atoms with Gasteiger partial charge in [0.1, 0.15) is 15.6 Å². The molecule has 0 radical (unpaired) electrons. The molecule has 1 aliphatic rings. The van der Waals surface area contributed by atoms with Gasteiger partial charge in [-0.05, 0) is 26.9 Å². The highest BCUT2D eigenvalue weighted by atomic mass is 32.1. The summed E-state index contributed by atoms with van der Waals surface area (Å²) in [6.07, 6.45) is 2.29. The highest BCUT2D eigenvalue weighted by Crippen LogP contribution is 2.46. The average Bonchev–Trinajstić information content (AvgIpc) is 3.01. The van der Waals surface area contributed by atoms with E-state index in [1.54, 1.807) is 14.2 Å². The van der Waals surface area contributed by atoms with Gasteiger partial charge in [-0.3, -0.25) is 4.79 Å². The van der Waals surface area contributed by atoms with Crippen LogP contribution in [0.5, 0.6) is 5.75 Å². The first-order valence-corrected chi connectivity index (χ1v) is 7.91. The number of thiophene rings is 1. The highest BCUT2D eigenvalue weighted by molar-refractivity contribution is 7.19. The molecule has 0 aliphatic carbocycles. The first-order valence-electron chi connectivity index (χ1n) is 7.09. The Hall–Kier alpha value is -1.47. The van der Waals surface area contributed by atoms with E-state index in [9.17, 15) is 4.79 Å². The van der Waals surface area contributed by atoms with Crippen LogP contribution in [0.4, 0.5) is 10.7 Å². The second-order valence-corrected chi connectivity index (χ2v) is 6.51. The monoisotopic (exact) mass is 312 g/mol. The number of hydrogen-bond donors (Lipinski definition) is 2. The number of rotatable bonds is 5. The summed E-state index contributed by atoms with van der Waals surface area (Å²) in [6, 6.07) is 0.435. The summed E-state index contributed by atoms with van der Waals surface area (Å²) in [6.45, 7) is 1.96. The predicted octanol–water partition coefficient (Wildman–Crippen LogP) is 1.23. The third kappa shape index (κ3) is 3.08. The molecule has 0 bridgehead atoms. The zero-order chi connectivity index (χ0) is 15.6. The van der Waals surface area contributed by atoms with Gasteiger partial charge in [-0.15, -0.1) is 11.3 Å². The zero-order valence-electron chi connectivity index (χ0n) is 13.1. The predicted molar refractivity (Wildman–Crippen MR) is 87.6 cm³/mol. The number of carbonyl (C=O) groups excluding carboxylic acids is 1. The van der Waals surface area contributed by atoms with Gasteiger partial charge in [-0.1, -0.05) is 0 Å². The summed E-state index contributed by atoms with van der Waals surface area (Å²) in [5.74, 6) is 0.467. The minimum atomic E-state index is -0.162. The average molecular weight is 312 g/mol. The first-order chi connectivity index (χ1) is 9.99. The number of hydrogen-bond acceptors (Lipinski definition) is 6. The van der Waals surface area contributed by atoms with Crippen LogP contribution in [0.2, 0.25) is 0 Å². The third-order valence-corrected chi connectivity index (χ3v) is 4.96. The van der Waals surface area contributed by atoms with Crippen LogP contribution in [0.3, 0.4) is 0 Å². The number of methoxy groups -OCH3 is 1. The minimum absolute atomic E-state index is 0.162. The fourth-order valence-electron chi connectivity index (χ4n) is 2.80. The molecule has 21 heavy (non-hydrogen) atoms. The number of nitrogens with zero attached hydrogens (tertiary/aromatic N) is 2. The van der Waals surface area contributed by atoms with Crippen LogP contribution in [0.1, 0.15) is 22.5 Å². The molecule has 1 aromatic rings. The van der Waals surface area contributed by atoms with E-state index in [2.05, 4.69) is 29.2 Å². The minimum Gasteiger partial charge on any atom is -0.492 e. The van der Waals surface area contributed by atoms with Gasteiger partial charge in [0.05, 0.1) is 7.11 Å². The first kappa shape index (κ1) is 15.9. The van der Waals surface area contributed by atoms with Crippen molar-refractivity contribution in [1.29, 1.82) is 0 Å². The van der Waals surface area contributed by atoms with Crippen molar-refractivity contribution >= 4 is 27.9 Å². The Morgan fingerprint density at radius 2 is 2.29 bits per heavy atom. The van der Waals surface area contributed by atoms with Crippen molar-refractivity contribution in [1.82, 2.24) is 10.2 Å². The van der Waals surface area contributed by atoms with Gasteiger partial charge < -0.3 is 25.6 Å². The van der Waals surface area contributed by atoms with Crippen molar-refractivity contribution in [2.75, 3.05) is 52.0 Å². The Labute approximate surface area is 129 Å². The summed E-state index contributed by atoms with van der Waals surface area (Å²) >= 11 is 1.42. The number of nitrogen functional groups attached to an aromatic ring is 1. The topological polar surface area (TPSA) is 70.8 Å². The van der Waals surface area contributed by atoms with Crippen LogP contribution in [0.25, 0.3) is 0 Å². The molecule has 0 saturated carbocycles. The summed E-state index contributed by atoms with van der Waals surface area (Å²) in [4.78, 5) is 17.0. The molecule has 1 aliphatic heterocycles. The standard InChI is InChI=1S/C14H24N4O2S/c1-16-13(19)12-10(15)11(20-4)14(21-12)18-7-5-6-9(18)8-17(2)3/h9H,5-8,15H2,1-4H3,(H,16,19). The molecule has 1 unspecified atom stereocenters. The second kappa shape index (κ2) is 6.53. The summed E-state index contributed by atoms with van der Waals surface area (Å²) in [5.41, 5.74) is 6.53. The number of anilines is 2. The number of amides is 1. The van der Waals surface area contributed by atoms with Gasteiger partial charge in [0.15, 0.2) is 5.75 Å². The molecular formula is C14H24N4O2S. The lowest BCUT2D eigenvalue weighted by Gasteiger charge is -2.28. The van der Waals surface area contributed by atoms with Gasteiger partial charge in [0.2, 0.25) is 0 Å². The number of likely N-dealkylation sites (N-methyl/N-ethyl adjacent to an activating group) is 1. The van der Waals surface area contributed by atoms with E-state index >= 15 is 0 Å². The molecule has 2 heterocycles. The summed E-state index contributed by atoms with van der Waals surface area (Å²) in [7, 11) is 7.36. The maximum atomic E-state index is 11.9. The lowest BCUT2D eigenvalue weighted by atomic mass is 10.2. The lowest BCUT2D eigenvalue weighted by Crippen LogP contribution is -2.37. The number of ether oxygens (including phenoxy) is 1. The number of carbonyl (C=O) groups is 1. The van der Waals surface area contributed by atoms with E-state index < -0.39 is 0 Å². The number of nitrogens with two attached hydrogens (primary N) is 1. The molecule has 3 N–H and O–H groups in total. The number of nitrogens with one attached hydrogen (secondary N) is 1. The summed E-state index contributed by atoms with van der Waals surface area (Å²) in [5, 5.41) is 3.60. The van der Waals surface area contributed by atoms with Gasteiger partial charge in [-0.2, -0.15) is 0 Å². The molecule has 0 aromatic carbocycles. The highest BCUT2D eigenvalue weighted by Gasteiger charge is 2.31. The molecule has 6 nitrogen and oxygen atoms in total. The van der Waals surface area contributed by atoms with Crippen LogP contribution in [-0.2, 0) is 0 Å². The van der Waals surface area contributed by atoms with Crippen molar-refractivity contribution in [2.24, 2.45) is 0 Å². The fraction of sp³-hybridized carbons (Fsp3) is 0.643. The Bertz CT molecular complexity index is 515. The molecule has 2 rings (SSSR count). The second-order valence-electron chi connectivity index (χ2n) is 5.51. The SMILES string of the molecule is CNC(=O)c1sc(N2CCCC2CN(C)C)c(OC)c1N. The molecule has 1 aromatic heterocycles. The van der Waals surface area contributed by atoms with Crippen molar-refractivity contribution in [2.45, 2.75) is 18.9 Å². The van der Waals surface area contributed by atoms with E-state index in [-0.39, 0.29) is 5.91 Å². The normalized spacial score (nSPS) is 18.3. The van der Waals surface area contributed by atoms with Crippen LogP contribution in [-0.4, -0.2) is 58.2 Å².